The number of nitrogens with one attached hydrogen (secondary N) is 2. The number of hydrogen-bond acceptors (Lipinski definition) is 4. The molecule has 18 heavy (non-hydrogen) atoms. The molecule has 2 N–H and O–H groups in total. The second-order valence-electron chi connectivity index (χ2n) is 4.38. The van der Waals surface area contributed by atoms with Crippen molar-refractivity contribution in [3.8, 4) is 0 Å². The zero-order valence-corrected chi connectivity index (χ0v) is 12.0. The standard InChI is InChI=1S/C11H22N4O2S/c1-4-14-18(16,17)6-5-12-7-11-8-13-9-15(11)10(2)3/h8-10,12,14H,4-7H2,1-3H3. The number of aromatic nitrogens is 2. The molecule has 0 radical (unpaired) electrons. The van der Waals surface area contributed by atoms with Crippen LogP contribution in [0.1, 0.15) is 32.5 Å². The summed E-state index contributed by atoms with van der Waals surface area (Å²) in [5, 5.41) is 3.12. The van der Waals surface area contributed by atoms with Gasteiger partial charge >= 0.3 is 0 Å². The van der Waals surface area contributed by atoms with Crippen molar-refractivity contribution in [2.75, 3.05) is 18.8 Å². The summed E-state index contributed by atoms with van der Waals surface area (Å²) < 4.78 is 27.3. The van der Waals surface area contributed by atoms with E-state index in [1.807, 2.05) is 0 Å². The van der Waals surface area contributed by atoms with Gasteiger partial charge in [-0.15, -0.1) is 0 Å². The molecule has 0 aliphatic carbocycles. The van der Waals surface area contributed by atoms with E-state index in [1.54, 1.807) is 19.4 Å². The molecule has 0 unspecified atom stereocenters. The molecule has 7 heteroatoms. The molecule has 1 heterocycles. The third-order valence-corrected chi connectivity index (χ3v) is 3.99. The van der Waals surface area contributed by atoms with Gasteiger partial charge in [-0.05, 0) is 13.8 Å². The van der Waals surface area contributed by atoms with Crippen LogP contribution < -0.4 is 10.0 Å². The second kappa shape index (κ2) is 6.86. The lowest BCUT2D eigenvalue weighted by molar-refractivity contribution is 0.551. The van der Waals surface area contributed by atoms with Gasteiger partial charge in [-0.2, -0.15) is 0 Å². The van der Waals surface area contributed by atoms with E-state index in [0.29, 0.717) is 25.7 Å². The SMILES string of the molecule is CCNS(=O)(=O)CCNCc1cncn1C(C)C. The molecule has 0 aliphatic heterocycles. The Hall–Kier alpha value is -0.920. The van der Waals surface area contributed by atoms with Crippen LogP contribution in [0.2, 0.25) is 0 Å². The molecule has 0 aliphatic rings. The molecule has 0 amide bonds. The first-order valence-electron chi connectivity index (χ1n) is 6.15. The molecule has 0 fully saturated rings. The number of imidazole rings is 1. The predicted molar refractivity (Wildman–Crippen MR) is 71.8 cm³/mol. The highest BCUT2D eigenvalue weighted by molar-refractivity contribution is 7.89. The maximum absolute atomic E-state index is 11.4. The summed E-state index contributed by atoms with van der Waals surface area (Å²) in [5.41, 5.74) is 1.06. The maximum Gasteiger partial charge on any atom is 0.212 e. The molecule has 0 bridgehead atoms. The van der Waals surface area contributed by atoms with Crippen LogP contribution in [0.5, 0.6) is 0 Å². The van der Waals surface area contributed by atoms with Gasteiger partial charge < -0.3 is 9.88 Å². The van der Waals surface area contributed by atoms with Gasteiger partial charge in [-0.3, -0.25) is 0 Å². The number of nitrogens with zero attached hydrogens (tertiary/aromatic N) is 2. The van der Waals surface area contributed by atoms with Crippen molar-refractivity contribution in [2.45, 2.75) is 33.4 Å². The van der Waals surface area contributed by atoms with Gasteiger partial charge in [-0.1, -0.05) is 6.92 Å². The van der Waals surface area contributed by atoms with Gasteiger partial charge in [0.2, 0.25) is 10.0 Å². The van der Waals surface area contributed by atoms with Crippen molar-refractivity contribution >= 4 is 10.0 Å². The van der Waals surface area contributed by atoms with Crippen LogP contribution in [0, 0.1) is 0 Å². The van der Waals surface area contributed by atoms with E-state index in [4.69, 9.17) is 0 Å². The quantitative estimate of drug-likeness (QED) is 0.677. The summed E-state index contributed by atoms with van der Waals surface area (Å²) in [6.45, 7) is 7.43. The molecule has 0 saturated carbocycles. The second-order valence-corrected chi connectivity index (χ2v) is 6.31. The van der Waals surface area contributed by atoms with E-state index in [2.05, 4.69) is 33.4 Å². The van der Waals surface area contributed by atoms with Gasteiger partial charge in [0.25, 0.3) is 0 Å². The minimum absolute atomic E-state index is 0.0939. The van der Waals surface area contributed by atoms with E-state index in [9.17, 15) is 8.42 Å². The van der Waals surface area contributed by atoms with Gasteiger partial charge in [0.1, 0.15) is 0 Å². The molecule has 104 valence electrons. The van der Waals surface area contributed by atoms with Crippen LogP contribution in [-0.2, 0) is 16.6 Å². The fraction of sp³-hybridized carbons (Fsp3) is 0.727. The molecule has 0 saturated heterocycles. The van der Waals surface area contributed by atoms with Crippen LogP contribution in [0.4, 0.5) is 0 Å². The summed E-state index contributed by atoms with van der Waals surface area (Å²) >= 11 is 0. The van der Waals surface area contributed by atoms with Crippen LogP contribution in [0.25, 0.3) is 0 Å². The van der Waals surface area contributed by atoms with Crippen LogP contribution in [0.3, 0.4) is 0 Å². The van der Waals surface area contributed by atoms with Crippen molar-refractivity contribution in [2.24, 2.45) is 0 Å². The predicted octanol–water partition coefficient (Wildman–Crippen LogP) is 0.493. The highest BCUT2D eigenvalue weighted by atomic mass is 32.2. The molecule has 1 aromatic heterocycles. The van der Waals surface area contributed by atoms with Crippen molar-refractivity contribution < 1.29 is 8.42 Å². The molecular weight excluding hydrogens is 252 g/mol. The fourth-order valence-corrected chi connectivity index (χ4v) is 2.65. The van der Waals surface area contributed by atoms with E-state index in [0.717, 1.165) is 5.69 Å². The van der Waals surface area contributed by atoms with Crippen LogP contribution in [-0.4, -0.2) is 36.8 Å². The Morgan fingerprint density at radius 1 is 1.44 bits per heavy atom. The number of sulfonamides is 1. The molecular formula is C11H22N4O2S. The molecule has 1 aromatic rings. The number of hydrogen-bond donors (Lipinski definition) is 2. The van der Waals surface area contributed by atoms with Gasteiger partial charge in [-0.25, -0.2) is 18.1 Å². The molecule has 6 nitrogen and oxygen atoms in total. The average molecular weight is 274 g/mol. The summed E-state index contributed by atoms with van der Waals surface area (Å²) in [6.07, 6.45) is 3.59. The van der Waals surface area contributed by atoms with Gasteiger partial charge in [0, 0.05) is 31.9 Å². The minimum Gasteiger partial charge on any atom is -0.331 e. The van der Waals surface area contributed by atoms with Crippen LogP contribution in [0.15, 0.2) is 12.5 Å². The smallest absolute Gasteiger partial charge is 0.212 e. The van der Waals surface area contributed by atoms with Gasteiger partial charge in [0.15, 0.2) is 0 Å². The Balaban J connectivity index is 2.36. The zero-order valence-electron chi connectivity index (χ0n) is 11.2. The Morgan fingerprint density at radius 3 is 2.78 bits per heavy atom. The highest BCUT2D eigenvalue weighted by Gasteiger charge is 2.08. The Kier molecular flexibility index (Phi) is 5.77. The molecule has 0 atom stereocenters. The van der Waals surface area contributed by atoms with Crippen molar-refractivity contribution in [3.63, 3.8) is 0 Å². The monoisotopic (exact) mass is 274 g/mol. The first-order chi connectivity index (χ1) is 8.46. The lowest BCUT2D eigenvalue weighted by Gasteiger charge is -2.12. The first kappa shape index (κ1) is 15.1. The number of rotatable bonds is 8. The van der Waals surface area contributed by atoms with Crippen molar-refractivity contribution in [1.29, 1.82) is 0 Å². The normalized spacial score (nSPS) is 12.2. The van der Waals surface area contributed by atoms with E-state index >= 15 is 0 Å². The summed E-state index contributed by atoms with van der Waals surface area (Å²) in [5.74, 6) is 0.0939. The molecule has 1 rings (SSSR count). The third kappa shape index (κ3) is 4.75. The Labute approximate surface area is 109 Å². The zero-order chi connectivity index (χ0) is 13.6. The Morgan fingerprint density at radius 2 is 2.17 bits per heavy atom. The third-order valence-electron chi connectivity index (χ3n) is 2.52. The maximum atomic E-state index is 11.4. The molecule has 0 aromatic carbocycles. The Bertz CT molecular complexity index is 453. The lowest BCUT2D eigenvalue weighted by atomic mass is 10.3. The summed E-state index contributed by atoms with van der Waals surface area (Å²) in [7, 11) is -3.13. The van der Waals surface area contributed by atoms with E-state index < -0.39 is 10.0 Å². The lowest BCUT2D eigenvalue weighted by Crippen LogP contribution is -2.31. The highest BCUT2D eigenvalue weighted by Crippen LogP contribution is 2.08. The van der Waals surface area contributed by atoms with Crippen LogP contribution >= 0.6 is 0 Å². The van der Waals surface area contributed by atoms with Crippen molar-refractivity contribution in [3.05, 3.63) is 18.2 Å². The van der Waals surface area contributed by atoms with Crippen molar-refractivity contribution in [1.82, 2.24) is 19.6 Å². The average Bonchev–Trinajstić information content (AvgIpc) is 2.72. The first-order valence-corrected chi connectivity index (χ1v) is 7.80. The largest absolute Gasteiger partial charge is 0.331 e. The minimum atomic E-state index is -3.13. The van der Waals surface area contributed by atoms with E-state index in [-0.39, 0.29) is 5.75 Å². The van der Waals surface area contributed by atoms with Gasteiger partial charge in [0.05, 0.1) is 17.8 Å². The topological polar surface area (TPSA) is 76.0 Å². The van der Waals surface area contributed by atoms with E-state index in [1.165, 1.54) is 0 Å². The molecule has 0 spiro atoms. The summed E-state index contributed by atoms with van der Waals surface area (Å²) in [4.78, 5) is 4.09. The summed E-state index contributed by atoms with van der Waals surface area (Å²) in [6, 6.07) is 0.356. The fourth-order valence-electron chi connectivity index (χ4n) is 1.65.